The molecule has 2 rings (SSSR count). The number of ether oxygens (including phenoxy) is 1. The number of aromatic nitrogens is 2. The lowest BCUT2D eigenvalue weighted by Gasteiger charge is -2.21. The van der Waals surface area contributed by atoms with Gasteiger partial charge in [0.2, 0.25) is 5.28 Å². The van der Waals surface area contributed by atoms with Crippen LogP contribution in [0.3, 0.4) is 0 Å². The van der Waals surface area contributed by atoms with Crippen LogP contribution in [0.15, 0.2) is 12.3 Å². The van der Waals surface area contributed by atoms with Gasteiger partial charge in [-0.1, -0.05) is 0 Å². The van der Waals surface area contributed by atoms with Crippen molar-refractivity contribution < 1.29 is 9.53 Å². The van der Waals surface area contributed by atoms with Crippen molar-refractivity contribution in [2.75, 3.05) is 11.9 Å². The molecule has 0 spiro atoms. The Morgan fingerprint density at radius 2 is 2.44 bits per heavy atom. The van der Waals surface area contributed by atoms with Crippen LogP contribution in [0.5, 0.6) is 0 Å². The first-order chi connectivity index (χ1) is 7.75. The van der Waals surface area contributed by atoms with E-state index in [2.05, 4.69) is 15.3 Å². The van der Waals surface area contributed by atoms with Crippen LogP contribution in [0.1, 0.15) is 19.3 Å². The fourth-order valence-corrected chi connectivity index (χ4v) is 1.71. The van der Waals surface area contributed by atoms with Gasteiger partial charge in [-0.2, -0.15) is 0 Å². The summed E-state index contributed by atoms with van der Waals surface area (Å²) in [4.78, 5) is 19.3. The van der Waals surface area contributed by atoms with Gasteiger partial charge in [0.1, 0.15) is 11.9 Å². The highest BCUT2D eigenvalue weighted by atomic mass is 35.5. The van der Waals surface area contributed by atoms with E-state index in [-0.39, 0.29) is 17.3 Å². The SMILES string of the molecule is O=C(Nc1ccnc(Cl)n1)C1CCCCO1. The van der Waals surface area contributed by atoms with Gasteiger partial charge >= 0.3 is 0 Å². The highest BCUT2D eigenvalue weighted by Crippen LogP contribution is 2.14. The Morgan fingerprint density at radius 1 is 1.56 bits per heavy atom. The average Bonchev–Trinajstić information content (AvgIpc) is 2.30. The minimum Gasteiger partial charge on any atom is -0.368 e. The van der Waals surface area contributed by atoms with Crippen molar-refractivity contribution in [1.29, 1.82) is 0 Å². The molecule has 1 saturated heterocycles. The molecule has 1 aromatic rings. The molecule has 5 nitrogen and oxygen atoms in total. The van der Waals surface area contributed by atoms with Gasteiger partial charge in [0.15, 0.2) is 0 Å². The van der Waals surface area contributed by atoms with E-state index in [0.29, 0.717) is 12.4 Å². The Hall–Kier alpha value is -1.20. The molecule has 1 aliphatic rings. The predicted octanol–water partition coefficient (Wildman–Crippen LogP) is 1.64. The molecule has 1 fully saturated rings. The van der Waals surface area contributed by atoms with Crippen LogP contribution in [0.4, 0.5) is 5.82 Å². The molecular formula is C10H12ClN3O2. The first kappa shape index (κ1) is 11.3. The van der Waals surface area contributed by atoms with E-state index in [0.717, 1.165) is 19.3 Å². The minimum absolute atomic E-state index is 0.113. The lowest BCUT2D eigenvalue weighted by Crippen LogP contribution is -2.33. The molecule has 0 bridgehead atoms. The summed E-state index contributed by atoms with van der Waals surface area (Å²) in [6, 6.07) is 1.59. The maximum atomic E-state index is 11.7. The van der Waals surface area contributed by atoms with Gasteiger partial charge in [-0.15, -0.1) is 0 Å². The molecule has 0 aliphatic carbocycles. The summed E-state index contributed by atoms with van der Waals surface area (Å²) >= 11 is 5.61. The van der Waals surface area contributed by atoms with Gasteiger partial charge in [-0.05, 0) is 36.9 Å². The number of nitrogens with zero attached hydrogens (tertiary/aromatic N) is 2. The van der Waals surface area contributed by atoms with Crippen molar-refractivity contribution in [1.82, 2.24) is 9.97 Å². The quantitative estimate of drug-likeness (QED) is 0.800. The van der Waals surface area contributed by atoms with Gasteiger partial charge in [-0.25, -0.2) is 9.97 Å². The number of anilines is 1. The molecule has 1 aromatic heterocycles. The number of carbonyl (C=O) groups excluding carboxylic acids is 1. The first-order valence-electron chi connectivity index (χ1n) is 5.17. The number of carbonyl (C=O) groups is 1. The molecule has 2 heterocycles. The number of nitrogens with one attached hydrogen (secondary N) is 1. The van der Waals surface area contributed by atoms with E-state index in [4.69, 9.17) is 16.3 Å². The van der Waals surface area contributed by atoms with Gasteiger partial charge in [0.25, 0.3) is 5.91 Å². The van der Waals surface area contributed by atoms with E-state index in [1.54, 1.807) is 6.07 Å². The second-order valence-electron chi connectivity index (χ2n) is 3.56. The topological polar surface area (TPSA) is 64.1 Å². The number of halogens is 1. The highest BCUT2D eigenvalue weighted by molar-refractivity contribution is 6.28. The molecule has 1 atom stereocenters. The van der Waals surface area contributed by atoms with E-state index in [9.17, 15) is 4.79 Å². The monoisotopic (exact) mass is 241 g/mol. The molecule has 0 aromatic carbocycles. The summed E-state index contributed by atoms with van der Waals surface area (Å²) < 4.78 is 5.35. The summed E-state index contributed by atoms with van der Waals surface area (Å²) in [6.45, 7) is 0.641. The third kappa shape index (κ3) is 2.90. The molecule has 0 saturated carbocycles. The molecule has 0 radical (unpaired) electrons. The van der Waals surface area contributed by atoms with Gasteiger partial charge in [-0.3, -0.25) is 4.79 Å². The van der Waals surface area contributed by atoms with Crippen LogP contribution in [0.2, 0.25) is 5.28 Å². The van der Waals surface area contributed by atoms with Gasteiger partial charge in [0.05, 0.1) is 0 Å². The van der Waals surface area contributed by atoms with Crippen LogP contribution >= 0.6 is 11.6 Å². The zero-order valence-electron chi connectivity index (χ0n) is 8.65. The first-order valence-corrected chi connectivity index (χ1v) is 5.54. The number of amides is 1. The van der Waals surface area contributed by atoms with E-state index < -0.39 is 0 Å². The van der Waals surface area contributed by atoms with Crippen LogP contribution in [-0.2, 0) is 9.53 Å². The fourth-order valence-electron chi connectivity index (χ4n) is 1.56. The zero-order valence-corrected chi connectivity index (χ0v) is 9.41. The minimum atomic E-state index is -0.373. The largest absolute Gasteiger partial charge is 0.368 e. The predicted molar refractivity (Wildman–Crippen MR) is 59.3 cm³/mol. The maximum Gasteiger partial charge on any atom is 0.254 e. The standard InChI is InChI=1S/C10H12ClN3O2/c11-10-12-5-4-8(14-10)13-9(15)7-3-1-2-6-16-7/h4-5,7H,1-3,6H2,(H,12,13,14,15). The summed E-state index contributed by atoms with van der Waals surface area (Å²) in [5.41, 5.74) is 0. The normalized spacial score (nSPS) is 20.4. The Balaban J connectivity index is 1.96. The molecule has 1 unspecified atom stereocenters. The van der Waals surface area contributed by atoms with Crippen molar-refractivity contribution >= 4 is 23.3 Å². The second-order valence-corrected chi connectivity index (χ2v) is 3.89. The fraction of sp³-hybridized carbons (Fsp3) is 0.500. The Labute approximate surface area is 98.2 Å². The Bertz CT molecular complexity index is 380. The molecule has 6 heteroatoms. The van der Waals surface area contributed by atoms with Crippen molar-refractivity contribution in [2.45, 2.75) is 25.4 Å². The second kappa shape index (κ2) is 5.23. The van der Waals surface area contributed by atoms with Crippen molar-refractivity contribution in [3.63, 3.8) is 0 Å². The van der Waals surface area contributed by atoms with Gasteiger partial charge < -0.3 is 10.1 Å². The number of hydrogen-bond acceptors (Lipinski definition) is 4. The maximum absolute atomic E-state index is 11.7. The molecule has 16 heavy (non-hydrogen) atoms. The highest BCUT2D eigenvalue weighted by Gasteiger charge is 2.22. The van der Waals surface area contributed by atoms with E-state index >= 15 is 0 Å². The summed E-state index contributed by atoms with van der Waals surface area (Å²) in [5, 5.41) is 2.77. The zero-order chi connectivity index (χ0) is 11.4. The third-order valence-corrected chi connectivity index (χ3v) is 2.53. The Morgan fingerprint density at radius 3 is 3.12 bits per heavy atom. The Kier molecular flexibility index (Phi) is 3.69. The van der Waals surface area contributed by atoms with Crippen molar-refractivity contribution in [3.8, 4) is 0 Å². The van der Waals surface area contributed by atoms with Crippen LogP contribution in [-0.4, -0.2) is 28.6 Å². The number of hydrogen-bond donors (Lipinski definition) is 1. The van der Waals surface area contributed by atoms with Crippen molar-refractivity contribution in [2.24, 2.45) is 0 Å². The molecular weight excluding hydrogens is 230 g/mol. The number of rotatable bonds is 2. The molecule has 1 N–H and O–H groups in total. The lowest BCUT2D eigenvalue weighted by molar-refractivity contribution is -0.130. The average molecular weight is 242 g/mol. The summed E-state index contributed by atoms with van der Waals surface area (Å²) in [6.07, 6.45) is 3.91. The van der Waals surface area contributed by atoms with E-state index in [1.807, 2.05) is 0 Å². The van der Waals surface area contributed by atoms with Crippen LogP contribution in [0.25, 0.3) is 0 Å². The molecule has 1 amide bonds. The third-order valence-electron chi connectivity index (χ3n) is 2.35. The summed E-state index contributed by atoms with van der Waals surface area (Å²) in [5.74, 6) is 0.230. The van der Waals surface area contributed by atoms with Gasteiger partial charge in [0, 0.05) is 12.8 Å². The molecule has 1 aliphatic heterocycles. The lowest BCUT2D eigenvalue weighted by atomic mass is 10.1. The van der Waals surface area contributed by atoms with Crippen molar-refractivity contribution in [3.05, 3.63) is 17.5 Å². The van der Waals surface area contributed by atoms with Crippen LogP contribution < -0.4 is 5.32 Å². The summed E-state index contributed by atoms with van der Waals surface area (Å²) in [7, 11) is 0. The van der Waals surface area contributed by atoms with E-state index in [1.165, 1.54) is 6.20 Å². The smallest absolute Gasteiger partial charge is 0.254 e. The van der Waals surface area contributed by atoms with Crippen LogP contribution in [0, 0.1) is 0 Å². The molecule has 86 valence electrons.